The number of halogens is 2. The first-order valence-corrected chi connectivity index (χ1v) is 11.9. The number of nitrogens with one attached hydrogen (secondary N) is 3. The minimum atomic E-state index is -0.871. The molecule has 2 aromatic carbocycles. The fourth-order valence-electron chi connectivity index (χ4n) is 3.71. The van der Waals surface area contributed by atoms with Crippen molar-refractivity contribution in [1.29, 1.82) is 10.5 Å². The number of morpholine rings is 1. The van der Waals surface area contributed by atoms with Crippen LogP contribution in [0.5, 0.6) is 0 Å². The van der Waals surface area contributed by atoms with Crippen molar-refractivity contribution >= 4 is 35.3 Å². The molecule has 12 heteroatoms. The molecule has 3 N–H and O–H groups in total. The van der Waals surface area contributed by atoms with Gasteiger partial charge in [0.25, 0.3) is 0 Å². The van der Waals surface area contributed by atoms with Crippen molar-refractivity contribution < 1.29 is 13.5 Å². The summed E-state index contributed by atoms with van der Waals surface area (Å²) < 4.78 is 34.8. The molecule has 194 valence electrons. The Kier molecular flexibility index (Phi) is 9.07. The second kappa shape index (κ2) is 13.1. The molecule has 1 aromatic heterocycles. The van der Waals surface area contributed by atoms with Crippen LogP contribution in [-0.4, -0.2) is 59.2 Å². The number of hydrogen-bond donors (Lipinski definition) is 3. The summed E-state index contributed by atoms with van der Waals surface area (Å²) in [6, 6.07) is 12.7. The van der Waals surface area contributed by atoms with Gasteiger partial charge >= 0.3 is 0 Å². The molecule has 1 aliphatic rings. The lowest BCUT2D eigenvalue weighted by Gasteiger charge is -2.26. The average molecular weight is 518 g/mol. The number of anilines is 5. The topological polar surface area (TPSA) is 135 Å². The van der Waals surface area contributed by atoms with Crippen molar-refractivity contribution in [3.05, 3.63) is 65.2 Å². The van der Waals surface area contributed by atoms with E-state index < -0.39 is 17.3 Å². The monoisotopic (exact) mass is 517 g/mol. The molecule has 10 nitrogen and oxygen atoms in total. The van der Waals surface area contributed by atoms with Crippen molar-refractivity contribution in [3.8, 4) is 12.1 Å². The summed E-state index contributed by atoms with van der Waals surface area (Å²) in [5.41, 5.74) is 0.877. The lowest BCUT2D eigenvalue weighted by molar-refractivity contribution is 0.0378. The minimum absolute atomic E-state index is 0.0788. The van der Waals surface area contributed by atoms with Gasteiger partial charge in [-0.1, -0.05) is 0 Å². The zero-order valence-corrected chi connectivity index (χ0v) is 20.4. The molecule has 2 heterocycles. The molecule has 0 saturated carbocycles. The van der Waals surface area contributed by atoms with Gasteiger partial charge in [0.15, 0.2) is 0 Å². The largest absolute Gasteiger partial charge is 0.379 e. The molecule has 0 radical (unpaired) electrons. The Morgan fingerprint density at radius 2 is 1.61 bits per heavy atom. The van der Waals surface area contributed by atoms with E-state index >= 15 is 0 Å². The average Bonchev–Trinajstić information content (AvgIpc) is 2.93. The zero-order chi connectivity index (χ0) is 26.7. The van der Waals surface area contributed by atoms with E-state index in [4.69, 9.17) is 15.3 Å². The van der Waals surface area contributed by atoms with Gasteiger partial charge in [-0.2, -0.15) is 25.5 Å². The van der Waals surface area contributed by atoms with Crippen molar-refractivity contribution in [2.24, 2.45) is 0 Å². The molecule has 0 atom stereocenters. The van der Waals surface area contributed by atoms with Gasteiger partial charge in [-0.25, -0.2) is 8.78 Å². The highest BCUT2D eigenvalue weighted by atomic mass is 19.1. The lowest BCUT2D eigenvalue weighted by Crippen LogP contribution is -2.37. The van der Waals surface area contributed by atoms with E-state index in [2.05, 4.69) is 41.9 Å². The van der Waals surface area contributed by atoms with E-state index in [0.29, 0.717) is 17.8 Å². The van der Waals surface area contributed by atoms with Gasteiger partial charge in [-0.05, 0) is 61.0 Å². The SMILES string of the molecule is N#CC=Cc1cc(F)c(Nc2nc(NCCCN3CCOCC3)nc(Nc3ccc(C#N)cc3)n2)c(F)c1. The van der Waals surface area contributed by atoms with Crippen LogP contribution in [0.2, 0.25) is 0 Å². The minimum Gasteiger partial charge on any atom is -0.379 e. The van der Waals surface area contributed by atoms with E-state index in [9.17, 15) is 8.78 Å². The van der Waals surface area contributed by atoms with Gasteiger partial charge in [0, 0.05) is 31.4 Å². The molecule has 1 saturated heterocycles. The van der Waals surface area contributed by atoms with Gasteiger partial charge in [-0.15, -0.1) is 0 Å². The fourth-order valence-corrected chi connectivity index (χ4v) is 3.71. The predicted molar refractivity (Wildman–Crippen MR) is 139 cm³/mol. The number of allylic oxidation sites excluding steroid dienone is 1. The Labute approximate surface area is 218 Å². The van der Waals surface area contributed by atoms with Crippen LogP contribution in [0.4, 0.5) is 38.0 Å². The van der Waals surface area contributed by atoms with Gasteiger partial charge in [-0.3, -0.25) is 4.90 Å². The summed E-state index contributed by atoms with van der Waals surface area (Å²) in [5.74, 6) is -1.47. The standard InChI is InChI=1S/C26H25F2N9O/c27-21-15-19(3-1-8-29)16-22(28)23(21)33-26-35-24(31-9-2-10-37-11-13-38-14-12-37)34-25(36-26)32-20-6-4-18(17-30)5-7-20/h1,3-7,15-16H,2,9-14H2,(H3,31,32,33,34,35,36). The predicted octanol–water partition coefficient (Wildman–Crippen LogP) is 4.18. The molecule has 0 spiro atoms. The van der Waals surface area contributed by atoms with Gasteiger partial charge < -0.3 is 20.7 Å². The Bertz CT molecular complexity index is 1340. The number of benzene rings is 2. The van der Waals surface area contributed by atoms with Crippen LogP contribution in [0, 0.1) is 34.3 Å². The van der Waals surface area contributed by atoms with E-state index in [1.165, 1.54) is 6.08 Å². The van der Waals surface area contributed by atoms with E-state index in [1.54, 1.807) is 30.3 Å². The fraction of sp³-hybridized carbons (Fsp3) is 0.269. The van der Waals surface area contributed by atoms with Gasteiger partial charge in [0.2, 0.25) is 17.8 Å². The van der Waals surface area contributed by atoms with Crippen LogP contribution in [-0.2, 0) is 4.74 Å². The number of aromatic nitrogens is 3. The highest BCUT2D eigenvalue weighted by molar-refractivity contribution is 5.63. The third-order valence-corrected chi connectivity index (χ3v) is 5.60. The Morgan fingerprint density at radius 1 is 0.947 bits per heavy atom. The smallest absolute Gasteiger partial charge is 0.233 e. The number of nitriles is 2. The van der Waals surface area contributed by atoms with E-state index in [1.807, 2.05) is 0 Å². The second-order valence-corrected chi connectivity index (χ2v) is 8.30. The molecule has 1 fully saturated rings. The Balaban J connectivity index is 1.53. The third kappa shape index (κ3) is 7.43. The number of hydrogen-bond acceptors (Lipinski definition) is 10. The van der Waals surface area contributed by atoms with Crippen LogP contribution in [0.3, 0.4) is 0 Å². The second-order valence-electron chi connectivity index (χ2n) is 8.30. The van der Waals surface area contributed by atoms with Gasteiger partial charge in [0.05, 0.1) is 30.9 Å². The van der Waals surface area contributed by atoms with Crippen molar-refractivity contribution in [3.63, 3.8) is 0 Å². The maximum Gasteiger partial charge on any atom is 0.233 e. The number of rotatable bonds is 10. The number of nitrogens with zero attached hydrogens (tertiary/aromatic N) is 6. The molecule has 0 bridgehead atoms. The lowest BCUT2D eigenvalue weighted by atomic mass is 10.1. The van der Waals surface area contributed by atoms with Crippen molar-refractivity contribution in [2.75, 3.05) is 55.3 Å². The van der Waals surface area contributed by atoms with Crippen LogP contribution in [0.1, 0.15) is 17.5 Å². The molecule has 0 aliphatic carbocycles. The molecule has 0 amide bonds. The molecule has 4 rings (SSSR count). The first kappa shape index (κ1) is 26.4. The molecule has 1 aliphatic heterocycles. The normalized spacial score (nSPS) is 13.6. The third-order valence-electron chi connectivity index (χ3n) is 5.60. The molecule has 3 aromatic rings. The van der Waals surface area contributed by atoms with Gasteiger partial charge in [0.1, 0.15) is 17.3 Å². The summed E-state index contributed by atoms with van der Waals surface area (Å²) in [5, 5.41) is 26.4. The van der Waals surface area contributed by atoms with E-state index in [-0.39, 0.29) is 23.4 Å². The zero-order valence-electron chi connectivity index (χ0n) is 20.4. The Hall–Kier alpha value is -4.65. The van der Waals surface area contributed by atoms with Crippen LogP contribution < -0.4 is 16.0 Å². The highest BCUT2D eigenvalue weighted by Gasteiger charge is 2.15. The number of ether oxygens (including phenoxy) is 1. The first-order chi connectivity index (χ1) is 18.5. The maximum atomic E-state index is 14.7. The maximum absolute atomic E-state index is 14.7. The summed E-state index contributed by atoms with van der Waals surface area (Å²) in [6.07, 6.45) is 3.26. The first-order valence-electron chi connectivity index (χ1n) is 11.9. The Morgan fingerprint density at radius 3 is 2.26 bits per heavy atom. The highest BCUT2D eigenvalue weighted by Crippen LogP contribution is 2.25. The molecular weight excluding hydrogens is 492 g/mol. The van der Waals surface area contributed by atoms with Crippen LogP contribution in [0.15, 0.2) is 42.5 Å². The summed E-state index contributed by atoms with van der Waals surface area (Å²) >= 11 is 0. The summed E-state index contributed by atoms with van der Waals surface area (Å²) in [6.45, 7) is 4.68. The van der Waals surface area contributed by atoms with Crippen LogP contribution >= 0.6 is 0 Å². The van der Waals surface area contributed by atoms with Crippen molar-refractivity contribution in [1.82, 2.24) is 19.9 Å². The summed E-state index contributed by atoms with van der Waals surface area (Å²) in [4.78, 5) is 15.2. The molecular formula is C26H25F2N9O. The summed E-state index contributed by atoms with van der Waals surface area (Å²) in [7, 11) is 0. The molecule has 38 heavy (non-hydrogen) atoms. The van der Waals surface area contributed by atoms with Crippen molar-refractivity contribution in [2.45, 2.75) is 6.42 Å². The van der Waals surface area contributed by atoms with E-state index in [0.717, 1.165) is 57.5 Å². The van der Waals surface area contributed by atoms with Crippen LogP contribution in [0.25, 0.3) is 6.08 Å². The quantitative estimate of drug-likeness (QED) is 0.265. The molecule has 0 unspecified atom stereocenters.